The fraction of sp³-hybridized carbons (Fsp3) is 0.318. The summed E-state index contributed by atoms with van der Waals surface area (Å²) >= 11 is 0. The third-order valence-electron chi connectivity index (χ3n) is 5.36. The monoisotopic (exact) mass is 351 g/mol. The second kappa shape index (κ2) is 6.94. The Hall–Kier alpha value is -2.62. The van der Waals surface area contributed by atoms with Crippen molar-refractivity contribution in [1.82, 2.24) is 4.90 Å². The van der Waals surface area contributed by atoms with Crippen molar-refractivity contribution in [3.63, 3.8) is 0 Å². The zero-order valence-corrected chi connectivity index (χ0v) is 14.9. The number of likely N-dealkylation sites (tertiary alicyclic amines) is 1. The number of furan rings is 1. The third kappa shape index (κ3) is 3.24. The van der Waals surface area contributed by atoms with E-state index in [0.717, 1.165) is 37.9 Å². The second-order valence-electron chi connectivity index (χ2n) is 7.12. The maximum atomic E-state index is 13.5. The molecule has 2 heterocycles. The molecular formula is C22H22FNO2. The van der Waals surface area contributed by atoms with Gasteiger partial charge in [-0.3, -0.25) is 4.79 Å². The summed E-state index contributed by atoms with van der Waals surface area (Å²) in [6.45, 7) is 3.29. The number of nitrogens with zero attached hydrogens (tertiary/aromatic N) is 1. The van der Waals surface area contributed by atoms with Crippen molar-refractivity contribution in [2.45, 2.75) is 26.2 Å². The first-order valence-corrected chi connectivity index (χ1v) is 9.13. The van der Waals surface area contributed by atoms with E-state index in [4.69, 9.17) is 4.42 Å². The van der Waals surface area contributed by atoms with Gasteiger partial charge in [-0.2, -0.15) is 0 Å². The van der Waals surface area contributed by atoms with Crippen LogP contribution in [0.1, 0.15) is 34.5 Å². The Morgan fingerprint density at radius 3 is 2.62 bits per heavy atom. The van der Waals surface area contributed by atoms with E-state index in [9.17, 15) is 9.18 Å². The maximum Gasteiger partial charge on any atom is 0.289 e. The van der Waals surface area contributed by atoms with E-state index in [1.54, 1.807) is 6.07 Å². The van der Waals surface area contributed by atoms with E-state index in [-0.39, 0.29) is 11.7 Å². The molecular weight excluding hydrogens is 329 g/mol. The normalized spacial score (nSPS) is 15.5. The van der Waals surface area contributed by atoms with Gasteiger partial charge in [-0.1, -0.05) is 30.3 Å². The van der Waals surface area contributed by atoms with Crippen molar-refractivity contribution in [2.75, 3.05) is 13.1 Å². The number of hydrogen-bond acceptors (Lipinski definition) is 2. The van der Waals surface area contributed by atoms with Gasteiger partial charge in [0, 0.05) is 24.0 Å². The lowest BCUT2D eigenvalue weighted by Crippen LogP contribution is -2.39. The van der Waals surface area contributed by atoms with E-state index in [2.05, 4.69) is 24.3 Å². The Balaban J connectivity index is 1.44. The third-order valence-corrected chi connectivity index (χ3v) is 5.36. The van der Waals surface area contributed by atoms with Crippen molar-refractivity contribution in [3.8, 4) is 0 Å². The van der Waals surface area contributed by atoms with Gasteiger partial charge in [0.25, 0.3) is 5.91 Å². The molecule has 1 saturated heterocycles. The van der Waals surface area contributed by atoms with Crippen LogP contribution >= 0.6 is 0 Å². The van der Waals surface area contributed by atoms with Crippen LogP contribution in [0.25, 0.3) is 11.0 Å². The topological polar surface area (TPSA) is 33.5 Å². The minimum Gasteiger partial charge on any atom is -0.451 e. The Kier molecular flexibility index (Phi) is 4.49. The van der Waals surface area contributed by atoms with Crippen molar-refractivity contribution in [3.05, 3.63) is 71.2 Å². The van der Waals surface area contributed by atoms with Gasteiger partial charge in [0.1, 0.15) is 11.4 Å². The van der Waals surface area contributed by atoms with E-state index in [0.29, 0.717) is 22.6 Å². The van der Waals surface area contributed by atoms with Gasteiger partial charge in [-0.15, -0.1) is 0 Å². The average Bonchev–Trinajstić information content (AvgIpc) is 2.99. The fourth-order valence-electron chi connectivity index (χ4n) is 3.83. The molecule has 26 heavy (non-hydrogen) atoms. The van der Waals surface area contributed by atoms with Gasteiger partial charge in [-0.05, 0) is 55.9 Å². The predicted octanol–water partition coefficient (Wildman–Crippen LogP) is 4.98. The molecule has 0 bridgehead atoms. The van der Waals surface area contributed by atoms with Crippen LogP contribution in [0.4, 0.5) is 4.39 Å². The van der Waals surface area contributed by atoms with E-state index in [1.165, 1.54) is 17.7 Å². The number of halogens is 1. The highest BCUT2D eigenvalue weighted by Crippen LogP contribution is 2.29. The molecule has 0 radical (unpaired) electrons. The Bertz CT molecular complexity index is 924. The Labute approximate surface area is 152 Å². The highest BCUT2D eigenvalue weighted by atomic mass is 19.1. The van der Waals surface area contributed by atoms with Crippen LogP contribution in [0.2, 0.25) is 0 Å². The molecule has 0 saturated carbocycles. The van der Waals surface area contributed by atoms with Crippen LogP contribution in [-0.2, 0) is 6.42 Å². The molecule has 1 fully saturated rings. The first-order valence-electron chi connectivity index (χ1n) is 9.13. The number of piperidine rings is 1. The number of hydrogen-bond donors (Lipinski definition) is 0. The standard InChI is InChI=1S/C22H22FNO2/c1-15-19-14-18(23)7-8-20(19)26-21(15)22(25)24-11-9-17(10-12-24)13-16-5-3-2-4-6-16/h2-8,14,17H,9-13H2,1H3. The highest BCUT2D eigenvalue weighted by molar-refractivity contribution is 5.99. The van der Waals surface area contributed by atoms with Gasteiger partial charge in [0.2, 0.25) is 0 Å². The molecule has 2 aromatic carbocycles. The van der Waals surface area contributed by atoms with Gasteiger partial charge in [0.15, 0.2) is 5.76 Å². The molecule has 1 aliphatic rings. The van der Waals surface area contributed by atoms with Gasteiger partial charge < -0.3 is 9.32 Å². The molecule has 3 aromatic rings. The molecule has 0 spiro atoms. The number of fused-ring (bicyclic) bond motifs is 1. The van der Waals surface area contributed by atoms with Gasteiger partial charge >= 0.3 is 0 Å². The number of carbonyl (C=O) groups excluding carboxylic acids is 1. The summed E-state index contributed by atoms with van der Waals surface area (Å²) in [6.07, 6.45) is 3.05. The Morgan fingerprint density at radius 2 is 1.88 bits per heavy atom. The molecule has 4 rings (SSSR count). The van der Waals surface area contributed by atoms with Crippen LogP contribution in [0, 0.1) is 18.7 Å². The van der Waals surface area contributed by atoms with Crippen LogP contribution in [0.15, 0.2) is 52.9 Å². The zero-order valence-electron chi connectivity index (χ0n) is 14.9. The summed E-state index contributed by atoms with van der Waals surface area (Å²) in [6, 6.07) is 14.9. The molecule has 1 aromatic heterocycles. The van der Waals surface area contributed by atoms with Crippen molar-refractivity contribution in [2.24, 2.45) is 5.92 Å². The number of rotatable bonds is 3. The molecule has 0 atom stereocenters. The number of benzene rings is 2. The lowest BCUT2D eigenvalue weighted by Gasteiger charge is -2.31. The SMILES string of the molecule is Cc1c(C(=O)N2CCC(Cc3ccccc3)CC2)oc2ccc(F)cc12. The van der Waals surface area contributed by atoms with Crippen LogP contribution < -0.4 is 0 Å². The van der Waals surface area contributed by atoms with E-state index >= 15 is 0 Å². The largest absolute Gasteiger partial charge is 0.451 e. The second-order valence-corrected chi connectivity index (χ2v) is 7.12. The Morgan fingerprint density at radius 1 is 1.15 bits per heavy atom. The van der Waals surface area contributed by atoms with Crippen LogP contribution in [-0.4, -0.2) is 23.9 Å². The predicted molar refractivity (Wildman–Crippen MR) is 99.7 cm³/mol. The van der Waals surface area contributed by atoms with Crippen molar-refractivity contribution in [1.29, 1.82) is 0 Å². The number of amides is 1. The van der Waals surface area contributed by atoms with Crippen LogP contribution in [0.5, 0.6) is 0 Å². The van der Waals surface area contributed by atoms with Crippen molar-refractivity contribution >= 4 is 16.9 Å². The zero-order chi connectivity index (χ0) is 18.1. The lowest BCUT2D eigenvalue weighted by atomic mass is 9.90. The summed E-state index contributed by atoms with van der Waals surface area (Å²) in [4.78, 5) is 14.7. The molecule has 1 amide bonds. The van der Waals surface area contributed by atoms with Gasteiger partial charge in [0.05, 0.1) is 0 Å². The highest BCUT2D eigenvalue weighted by Gasteiger charge is 2.27. The summed E-state index contributed by atoms with van der Waals surface area (Å²) in [7, 11) is 0. The smallest absolute Gasteiger partial charge is 0.289 e. The quantitative estimate of drug-likeness (QED) is 0.667. The van der Waals surface area contributed by atoms with Crippen LogP contribution in [0.3, 0.4) is 0 Å². The maximum absolute atomic E-state index is 13.5. The first-order chi connectivity index (χ1) is 12.6. The molecule has 1 aliphatic heterocycles. The average molecular weight is 351 g/mol. The fourth-order valence-corrected chi connectivity index (χ4v) is 3.83. The molecule has 0 unspecified atom stereocenters. The number of carbonyl (C=O) groups is 1. The summed E-state index contributed by atoms with van der Waals surface area (Å²) in [5, 5.41) is 0.673. The van der Waals surface area contributed by atoms with Crippen molar-refractivity contribution < 1.29 is 13.6 Å². The molecule has 3 nitrogen and oxygen atoms in total. The van der Waals surface area contributed by atoms with E-state index < -0.39 is 0 Å². The number of aryl methyl sites for hydroxylation is 1. The van der Waals surface area contributed by atoms with Gasteiger partial charge in [-0.25, -0.2) is 4.39 Å². The first kappa shape index (κ1) is 16.8. The summed E-state index contributed by atoms with van der Waals surface area (Å²) < 4.78 is 19.2. The summed E-state index contributed by atoms with van der Waals surface area (Å²) in [5.74, 6) is 0.541. The minimum absolute atomic E-state index is 0.0859. The van der Waals surface area contributed by atoms with E-state index in [1.807, 2.05) is 17.9 Å². The minimum atomic E-state index is -0.317. The molecule has 0 aliphatic carbocycles. The summed E-state index contributed by atoms with van der Waals surface area (Å²) in [5.41, 5.74) is 2.63. The molecule has 4 heteroatoms. The lowest BCUT2D eigenvalue weighted by molar-refractivity contribution is 0.0660. The molecule has 134 valence electrons. The molecule has 0 N–H and O–H groups in total.